The number of carbonyl (C=O) groups is 3. The number of nitrogens with one attached hydrogen (secondary N) is 2. The van der Waals surface area contributed by atoms with E-state index >= 15 is 0 Å². The largest absolute Gasteiger partial charge is 0.480 e. The molecule has 0 saturated carbocycles. The summed E-state index contributed by atoms with van der Waals surface area (Å²) in [5, 5.41) is 13.8. The van der Waals surface area contributed by atoms with Crippen molar-refractivity contribution in [3.8, 4) is 12.3 Å². The fourth-order valence-corrected chi connectivity index (χ4v) is 1.12. The predicted octanol–water partition coefficient (Wildman–Crippen LogP) is -1.27. The lowest BCUT2D eigenvalue weighted by atomic mass is 10.1. The first-order chi connectivity index (χ1) is 8.51. The molecule has 7 heteroatoms. The van der Waals surface area contributed by atoms with E-state index in [1.165, 1.54) is 7.11 Å². The summed E-state index contributed by atoms with van der Waals surface area (Å²) in [5.41, 5.74) is 0. The van der Waals surface area contributed by atoms with Gasteiger partial charge in [0.25, 0.3) is 0 Å². The monoisotopic (exact) mass is 256 g/mol. The number of carbonyl (C=O) groups excluding carboxylic acids is 2. The maximum Gasteiger partial charge on any atom is 0.326 e. The van der Waals surface area contributed by atoms with E-state index in [2.05, 4.69) is 21.3 Å². The topological polar surface area (TPSA) is 105 Å². The first-order valence-electron chi connectivity index (χ1n) is 5.24. The number of esters is 1. The molecule has 0 aliphatic heterocycles. The van der Waals surface area contributed by atoms with Crippen LogP contribution in [0.4, 0.5) is 0 Å². The van der Waals surface area contributed by atoms with Crippen LogP contribution < -0.4 is 10.6 Å². The Labute approximate surface area is 105 Å². The number of rotatable bonds is 8. The van der Waals surface area contributed by atoms with Crippen LogP contribution >= 0.6 is 0 Å². The summed E-state index contributed by atoms with van der Waals surface area (Å²) in [6.07, 6.45) is 4.87. The molecule has 0 aromatic rings. The molecule has 3 N–H and O–H groups in total. The lowest BCUT2D eigenvalue weighted by Gasteiger charge is -2.13. The molecule has 0 radical (unpaired) electrons. The van der Waals surface area contributed by atoms with Crippen LogP contribution in [0.15, 0.2) is 0 Å². The Bertz CT molecular complexity index is 348. The van der Waals surface area contributed by atoms with Crippen molar-refractivity contribution < 1.29 is 24.2 Å². The second-order valence-electron chi connectivity index (χ2n) is 3.38. The smallest absolute Gasteiger partial charge is 0.326 e. The lowest BCUT2D eigenvalue weighted by molar-refractivity contribution is -0.144. The molecule has 0 aromatic heterocycles. The molecule has 0 aliphatic carbocycles. The third kappa shape index (κ3) is 7.24. The minimum absolute atomic E-state index is 0.0249. The van der Waals surface area contributed by atoms with Gasteiger partial charge in [-0.2, -0.15) is 0 Å². The van der Waals surface area contributed by atoms with Crippen molar-refractivity contribution in [1.29, 1.82) is 0 Å². The maximum absolute atomic E-state index is 11.3. The zero-order chi connectivity index (χ0) is 14.0. The quantitative estimate of drug-likeness (QED) is 0.284. The van der Waals surface area contributed by atoms with Crippen molar-refractivity contribution in [3.05, 3.63) is 0 Å². The highest BCUT2D eigenvalue weighted by Gasteiger charge is 2.20. The summed E-state index contributed by atoms with van der Waals surface area (Å²) >= 11 is 0. The van der Waals surface area contributed by atoms with E-state index < -0.39 is 23.9 Å². The molecule has 0 heterocycles. The van der Waals surface area contributed by atoms with Crippen molar-refractivity contribution in [1.82, 2.24) is 10.6 Å². The minimum atomic E-state index is -1.20. The second kappa shape index (κ2) is 9.01. The van der Waals surface area contributed by atoms with Gasteiger partial charge in [-0.3, -0.25) is 14.9 Å². The van der Waals surface area contributed by atoms with Crippen LogP contribution in [0.2, 0.25) is 0 Å². The van der Waals surface area contributed by atoms with Gasteiger partial charge in [-0.15, -0.1) is 6.42 Å². The van der Waals surface area contributed by atoms with Crippen LogP contribution in [0.5, 0.6) is 0 Å². The SMILES string of the molecule is C#CCNCC(=O)N[C@@H](CCC(=O)OC)C(=O)O. The van der Waals surface area contributed by atoms with Gasteiger partial charge >= 0.3 is 11.9 Å². The van der Waals surface area contributed by atoms with Crippen LogP contribution in [0, 0.1) is 12.3 Å². The van der Waals surface area contributed by atoms with Gasteiger partial charge in [-0.05, 0) is 6.42 Å². The molecule has 0 spiro atoms. The van der Waals surface area contributed by atoms with Crippen molar-refractivity contribution in [3.63, 3.8) is 0 Å². The number of carboxylic acid groups (broad SMARTS) is 1. The van der Waals surface area contributed by atoms with Gasteiger partial charge in [0.1, 0.15) is 6.04 Å². The molecule has 7 nitrogen and oxygen atoms in total. The molecule has 100 valence electrons. The number of ether oxygens (including phenoxy) is 1. The molecule has 1 atom stereocenters. The fourth-order valence-electron chi connectivity index (χ4n) is 1.12. The molecule has 0 rings (SSSR count). The van der Waals surface area contributed by atoms with E-state index in [9.17, 15) is 14.4 Å². The average molecular weight is 256 g/mol. The van der Waals surface area contributed by atoms with Gasteiger partial charge in [0, 0.05) is 6.42 Å². The highest BCUT2D eigenvalue weighted by atomic mass is 16.5. The van der Waals surface area contributed by atoms with Gasteiger partial charge in [0.15, 0.2) is 0 Å². The maximum atomic E-state index is 11.3. The standard InChI is InChI=1S/C11H16N2O5/c1-3-6-12-7-9(14)13-8(11(16)17)4-5-10(15)18-2/h1,8,12H,4-7H2,2H3,(H,13,14)(H,16,17)/t8-/m0/s1. The highest BCUT2D eigenvalue weighted by Crippen LogP contribution is 1.99. The normalized spacial score (nSPS) is 11.1. The lowest BCUT2D eigenvalue weighted by Crippen LogP contribution is -2.44. The first kappa shape index (κ1) is 15.9. The van der Waals surface area contributed by atoms with Crippen LogP contribution in [0.3, 0.4) is 0 Å². The van der Waals surface area contributed by atoms with Crippen molar-refractivity contribution >= 4 is 17.8 Å². The van der Waals surface area contributed by atoms with Crippen molar-refractivity contribution in [2.24, 2.45) is 0 Å². The van der Waals surface area contributed by atoms with Gasteiger partial charge in [-0.25, -0.2) is 4.79 Å². The third-order valence-electron chi connectivity index (χ3n) is 2.01. The van der Waals surface area contributed by atoms with E-state index in [0.717, 1.165) is 0 Å². The van der Waals surface area contributed by atoms with Gasteiger partial charge in [0.2, 0.25) is 5.91 Å². The molecular weight excluding hydrogens is 240 g/mol. The summed E-state index contributed by atoms with van der Waals surface area (Å²) in [5.74, 6) is 0.0492. The minimum Gasteiger partial charge on any atom is -0.480 e. The summed E-state index contributed by atoms with van der Waals surface area (Å²) < 4.78 is 4.39. The van der Waals surface area contributed by atoms with Gasteiger partial charge < -0.3 is 15.2 Å². The molecule has 0 bridgehead atoms. The number of aliphatic carboxylic acids is 1. The first-order valence-corrected chi connectivity index (χ1v) is 5.24. The second-order valence-corrected chi connectivity index (χ2v) is 3.38. The Kier molecular flexibility index (Phi) is 7.98. The predicted molar refractivity (Wildman–Crippen MR) is 62.5 cm³/mol. The van der Waals surface area contributed by atoms with Crippen LogP contribution in [0.1, 0.15) is 12.8 Å². The Balaban J connectivity index is 4.11. The fraction of sp³-hybridized carbons (Fsp3) is 0.545. The van der Waals surface area contributed by atoms with Crippen LogP contribution in [0.25, 0.3) is 0 Å². The van der Waals surface area contributed by atoms with E-state index in [-0.39, 0.29) is 25.9 Å². The van der Waals surface area contributed by atoms with Gasteiger partial charge in [0.05, 0.1) is 20.2 Å². The highest BCUT2D eigenvalue weighted by molar-refractivity contribution is 5.85. The average Bonchev–Trinajstić information content (AvgIpc) is 2.33. The molecular formula is C11H16N2O5. The van der Waals surface area contributed by atoms with E-state index in [1.54, 1.807) is 0 Å². The van der Waals surface area contributed by atoms with Crippen molar-refractivity contribution in [2.75, 3.05) is 20.2 Å². The summed E-state index contributed by atoms with van der Waals surface area (Å²) in [7, 11) is 1.21. The molecule has 0 saturated heterocycles. The van der Waals surface area contributed by atoms with Crippen LogP contribution in [-0.2, 0) is 19.1 Å². The van der Waals surface area contributed by atoms with Gasteiger partial charge in [-0.1, -0.05) is 5.92 Å². The summed E-state index contributed by atoms with van der Waals surface area (Å²) in [6, 6.07) is -1.12. The summed E-state index contributed by atoms with van der Waals surface area (Å²) in [4.78, 5) is 33.0. The van der Waals surface area contributed by atoms with Crippen LogP contribution in [-0.4, -0.2) is 49.2 Å². The molecule has 18 heavy (non-hydrogen) atoms. The Morgan fingerprint density at radius 1 is 1.44 bits per heavy atom. The number of hydrogen-bond donors (Lipinski definition) is 3. The molecule has 0 aromatic carbocycles. The summed E-state index contributed by atoms with van der Waals surface area (Å²) in [6.45, 7) is 0.138. The number of carboxylic acids is 1. The number of terminal acetylenes is 1. The Morgan fingerprint density at radius 2 is 2.11 bits per heavy atom. The third-order valence-corrected chi connectivity index (χ3v) is 2.01. The van der Waals surface area contributed by atoms with Crippen molar-refractivity contribution in [2.45, 2.75) is 18.9 Å². The number of hydrogen-bond acceptors (Lipinski definition) is 5. The van der Waals surface area contributed by atoms with E-state index in [1.807, 2.05) is 0 Å². The zero-order valence-electron chi connectivity index (χ0n) is 10.1. The van der Waals surface area contributed by atoms with E-state index in [0.29, 0.717) is 0 Å². The zero-order valence-corrected chi connectivity index (χ0v) is 10.1. The van der Waals surface area contributed by atoms with E-state index in [4.69, 9.17) is 11.5 Å². The Hall–Kier alpha value is -2.07. The molecule has 0 unspecified atom stereocenters. The molecule has 0 aliphatic rings. The molecule has 0 fully saturated rings. The Morgan fingerprint density at radius 3 is 2.61 bits per heavy atom. The molecule has 1 amide bonds. The number of methoxy groups -OCH3 is 1. The number of amides is 1.